The molecule has 0 spiro atoms. The molecule has 1 fully saturated rings. The molecule has 0 saturated heterocycles. The largest absolute Gasteiger partial charge is 0.507 e. The zero-order chi connectivity index (χ0) is 22.7. The summed E-state index contributed by atoms with van der Waals surface area (Å²) in [4.78, 5) is -0.168. The highest BCUT2D eigenvalue weighted by atomic mass is 32.2. The molecule has 0 heterocycles. The van der Waals surface area contributed by atoms with Gasteiger partial charge in [0.15, 0.2) is 9.84 Å². The molecule has 5 heteroatoms. The fraction of sp³-hybridized carbons (Fsp3) is 0.640. The Morgan fingerprint density at radius 3 is 1.80 bits per heavy atom. The zero-order valence-electron chi connectivity index (χ0n) is 19.4. The van der Waals surface area contributed by atoms with Gasteiger partial charge in [-0.05, 0) is 47.4 Å². The molecule has 0 aromatic heterocycles. The van der Waals surface area contributed by atoms with Crippen LogP contribution in [0.2, 0.25) is 0 Å². The molecule has 4 nitrogen and oxygen atoms in total. The molecule has 0 aliphatic heterocycles. The van der Waals surface area contributed by atoms with Crippen molar-refractivity contribution in [3.05, 3.63) is 33.7 Å². The van der Waals surface area contributed by atoms with Gasteiger partial charge in [-0.25, -0.2) is 8.42 Å². The van der Waals surface area contributed by atoms with Crippen molar-refractivity contribution in [1.82, 2.24) is 0 Å². The lowest BCUT2D eigenvalue weighted by Crippen LogP contribution is -2.23. The summed E-state index contributed by atoms with van der Waals surface area (Å²) in [5.74, 6) is 0.244. The van der Waals surface area contributed by atoms with Gasteiger partial charge in [-0.15, -0.1) is 0 Å². The standard InChI is InChI=1S/C25H37NO3S/c1-24(2,3)21-15-18(16-22(23(21)27)25(4,5)6)14-20(17-26)30(28,29)19-12-10-8-7-9-11-13-19/h14-16,19,27H,7-13H2,1-6H3/b20-14-. The molecule has 0 atom stereocenters. The van der Waals surface area contributed by atoms with Crippen molar-refractivity contribution in [2.24, 2.45) is 0 Å². The summed E-state index contributed by atoms with van der Waals surface area (Å²) in [5, 5.41) is 20.2. The van der Waals surface area contributed by atoms with Crippen molar-refractivity contribution in [2.45, 2.75) is 103 Å². The summed E-state index contributed by atoms with van der Waals surface area (Å²) in [7, 11) is -3.68. The van der Waals surface area contributed by atoms with Crippen molar-refractivity contribution in [3.8, 4) is 11.8 Å². The molecule has 2 rings (SSSR count). The molecule has 1 aromatic rings. The fourth-order valence-corrected chi connectivity index (χ4v) is 5.86. The van der Waals surface area contributed by atoms with E-state index in [0.717, 1.165) is 43.2 Å². The van der Waals surface area contributed by atoms with Crippen molar-refractivity contribution in [2.75, 3.05) is 0 Å². The van der Waals surface area contributed by atoms with E-state index in [1.807, 2.05) is 59.7 Å². The van der Waals surface area contributed by atoms with Crippen LogP contribution in [0.3, 0.4) is 0 Å². The van der Waals surface area contributed by atoms with Crippen LogP contribution in [0, 0.1) is 11.3 Å². The predicted octanol–water partition coefficient (Wildman–Crippen LogP) is 6.38. The lowest BCUT2D eigenvalue weighted by Gasteiger charge is -2.28. The topological polar surface area (TPSA) is 78.2 Å². The van der Waals surface area contributed by atoms with Crippen LogP contribution in [0.1, 0.15) is 103 Å². The molecule has 0 radical (unpaired) electrons. The minimum Gasteiger partial charge on any atom is -0.507 e. The normalized spacial score (nSPS) is 17.8. The van der Waals surface area contributed by atoms with Crippen molar-refractivity contribution in [3.63, 3.8) is 0 Å². The summed E-state index contributed by atoms with van der Waals surface area (Å²) in [6, 6.07) is 5.60. The highest BCUT2D eigenvalue weighted by molar-refractivity contribution is 7.96. The molecule has 1 N–H and O–H groups in total. The molecule has 0 bridgehead atoms. The number of phenolic OH excluding ortho intramolecular Hbond substituents is 1. The molecule has 1 aromatic carbocycles. The maximum absolute atomic E-state index is 13.3. The predicted molar refractivity (Wildman–Crippen MR) is 124 cm³/mol. The van der Waals surface area contributed by atoms with Crippen LogP contribution in [-0.2, 0) is 20.7 Å². The van der Waals surface area contributed by atoms with Gasteiger partial charge in [0, 0.05) is 11.1 Å². The number of nitrogens with zero attached hydrogens (tertiary/aromatic N) is 1. The molecule has 1 saturated carbocycles. The lowest BCUT2D eigenvalue weighted by molar-refractivity contribution is 0.423. The van der Waals surface area contributed by atoms with E-state index in [9.17, 15) is 18.8 Å². The Kier molecular flexibility index (Phi) is 7.45. The van der Waals surface area contributed by atoms with Crippen LogP contribution >= 0.6 is 0 Å². The minimum atomic E-state index is -3.68. The highest BCUT2D eigenvalue weighted by Gasteiger charge is 2.31. The molecule has 30 heavy (non-hydrogen) atoms. The molecular formula is C25H37NO3S. The highest BCUT2D eigenvalue weighted by Crippen LogP contribution is 2.40. The summed E-state index contributed by atoms with van der Waals surface area (Å²) < 4.78 is 26.6. The number of nitriles is 1. The number of allylic oxidation sites excluding steroid dienone is 1. The second-order valence-corrected chi connectivity index (χ2v) is 12.8. The molecule has 1 aliphatic carbocycles. The Hall–Kier alpha value is -1.80. The van der Waals surface area contributed by atoms with Crippen molar-refractivity contribution in [1.29, 1.82) is 5.26 Å². The third kappa shape index (κ3) is 5.66. The van der Waals surface area contributed by atoms with Crippen molar-refractivity contribution < 1.29 is 13.5 Å². The first kappa shape index (κ1) is 24.5. The molecular weight excluding hydrogens is 394 g/mol. The van der Waals surface area contributed by atoms with Crippen LogP contribution in [0.25, 0.3) is 6.08 Å². The Morgan fingerprint density at radius 1 is 0.967 bits per heavy atom. The maximum atomic E-state index is 13.3. The van der Waals surface area contributed by atoms with Gasteiger partial charge in [0.2, 0.25) is 0 Å². The summed E-state index contributed by atoms with van der Waals surface area (Å²) in [6.45, 7) is 12.1. The van der Waals surface area contributed by atoms with E-state index in [1.165, 1.54) is 6.08 Å². The quantitative estimate of drug-likeness (QED) is 0.563. The third-order valence-corrected chi connectivity index (χ3v) is 8.13. The van der Waals surface area contributed by atoms with Crippen molar-refractivity contribution >= 4 is 15.9 Å². The SMILES string of the molecule is CC(C)(C)c1cc(/C=C(/C#N)S(=O)(=O)C2CCCCCCC2)cc(C(C)(C)C)c1O. The second kappa shape index (κ2) is 9.14. The van der Waals surface area contributed by atoms with E-state index < -0.39 is 15.1 Å². The molecule has 0 amide bonds. The number of sulfone groups is 1. The Balaban J connectivity index is 2.59. The first-order chi connectivity index (χ1) is 13.8. The first-order valence-corrected chi connectivity index (χ1v) is 12.6. The number of aromatic hydroxyl groups is 1. The monoisotopic (exact) mass is 431 g/mol. The summed E-state index contributed by atoms with van der Waals surface area (Å²) in [6.07, 6.45) is 7.80. The lowest BCUT2D eigenvalue weighted by atomic mass is 9.78. The van der Waals surface area contributed by atoms with Gasteiger partial charge >= 0.3 is 0 Å². The van der Waals surface area contributed by atoms with Gasteiger partial charge in [-0.3, -0.25) is 0 Å². The Labute approximate surface area is 182 Å². The number of hydrogen-bond acceptors (Lipinski definition) is 4. The number of hydrogen-bond donors (Lipinski definition) is 1. The van der Waals surface area contributed by atoms with E-state index >= 15 is 0 Å². The maximum Gasteiger partial charge on any atom is 0.191 e. The van der Waals surface area contributed by atoms with Crippen LogP contribution in [-0.4, -0.2) is 18.8 Å². The van der Waals surface area contributed by atoms with Crippen LogP contribution in [0.5, 0.6) is 5.75 Å². The van der Waals surface area contributed by atoms with Crippen LogP contribution in [0.4, 0.5) is 0 Å². The van der Waals surface area contributed by atoms with E-state index in [0.29, 0.717) is 18.4 Å². The average Bonchev–Trinajstić information content (AvgIpc) is 2.57. The number of rotatable bonds is 3. The average molecular weight is 432 g/mol. The Morgan fingerprint density at radius 2 is 1.40 bits per heavy atom. The molecule has 166 valence electrons. The minimum absolute atomic E-state index is 0.168. The second-order valence-electron chi connectivity index (χ2n) is 10.6. The van der Waals surface area contributed by atoms with Gasteiger partial charge in [0.1, 0.15) is 16.7 Å². The fourth-order valence-electron chi connectivity index (χ4n) is 4.12. The first-order valence-electron chi connectivity index (χ1n) is 11.0. The number of benzene rings is 1. The van der Waals surface area contributed by atoms with E-state index in [1.54, 1.807) is 0 Å². The van der Waals surface area contributed by atoms with Gasteiger partial charge in [-0.1, -0.05) is 73.6 Å². The van der Waals surface area contributed by atoms with Gasteiger partial charge < -0.3 is 5.11 Å². The summed E-state index contributed by atoms with van der Waals surface area (Å²) >= 11 is 0. The van der Waals surface area contributed by atoms with Gasteiger partial charge in [-0.2, -0.15) is 5.26 Å². The van der Waals surface area contributed by atoms with E-state index in [4.69, 9.17) is 0 Å². The van der Waals surface area contributed by atoms with E-state index in [-0.39, 0.29) is 21.5 Å². The van der Waals surface area contributed by atoms with Gasteiger partial charge in [0.25, 0.3) is 0 Å². The molecule has 0 unspecified atom stereocenters. The molecule has 1 aliphatic rings. The summed E-state index contributed by atoms with van der Waals surface area (Å²) in [5.41, 5.74) is 1.51. The smallest absolute Gasteiger partial charge is 0.191 e. The van der Waals surface area contributed by atoms with Crippen LogP contribution in [0.15, 0.2) is 17.0 Å². The number of phenols is 1. The van der Waals surface area contributed by atoms with Gasteiger partial charge in [0.05, 0.1) is 5.25 Å². The van der Waals surface area contributed by atoms with E-state index in [2.05, 4.69) is 0 Å². The Bertz CT molecular complexity index is 895. The zero-order valence-corrected chi connectivity index (χ0v) is 20.2. The van der Waals surface area contributed by atoms with Crippen LogP contribution < -0.4 is 0 Å². The third-order valence-electron chi connectivity index (χ3n) is 5.95.